The Hall–Kier alpha value is -7.40. The van der Waals surface area contributed by atoms with Crippen molar-refractivity contribution in [3.8, 4) is 0 Å². The summed E-state index contributed by atoms with van der Waals surface area (Å²) >= 11 is 0. The lowest BCUT2D eigenvalue weighted by molar-refractivity contribution is -0.141. The minimum Gasteiger partial charge on any atom is -0.368 e. The van der Waals surface area contributed by atoms with E-state index in [4.69, 9.17) is 5.73 Å². The quantitative estimate of drug-likeness (QED) is 0.0364. The summed E-state index contributed by atoms with van der Waals surface area (Å²) in [5.74, 6) is -5.32. The maximum atomic E-state index is 13.8. The van der Waals surface area contributed by atoms with E-state index in [0.717, 1.165) is 14.7 Å². The molecule has 4 aromatic heterocycles. The largest absolute Gasteiger partial charge is 0.368 e. The van der Waals surface area contributed by atoms with Crippen molar-refractivity contribution in [2.24, 2.45) is 5.73 Å². The Bertz CT molecular complexity index is 2020. The molecule has 316 valence electrons. The number of carbonyl (C=O) groups excluding carboxylic acids is 8. The van der Waals surface area contributed by atoms with E-state index < -0.39 is 91.1 Å². The number of carbonyl (C=O) groups is 8. The van der Waals surface area contributed by atoms with Crippen molar-refractivity contribution in [1.29, 1.82) is 0 Å². The number of primary amides is 1. The van der Waals surface area contributed by atoms with Crippen LogP contribution in [-0.2, 0) is 64.0 Å². The molecule has 0 aliphatic heterocycles. The second kappa shape index (κ2) is 21.2. The van der Waals surface area contributed by atoms with Crippen molar-refractivity contribution >= 4 is 47.3 Å². The number of rotatable bonds is 22. The SMILES string of the molecule is CC(=O)N[C@@H](Cc1cnc[nH]1)C(=O)N(C)CC(=O)N[C@@H](Cc1cnc[nH]1)C(=O)N(C)CC(=O)N[C@@H](Cc1cnc[nH]1)C(=O)N(C)CC(=O)N[C@@H](Cc1cnc[nH]1)C(N)=O. The van der Waals surface area contributed by atoms with Crippen molar-refractivity contribution in [2.45, 2.75) is 56.8 Å². The number of aromatic nitrogens is 8. The number of amides is 8. The van der Waals surface area contributed by atoms with E-state index in [1.165, 1.54) is 78.2 Å². The lowest BCUT2D eigenvalue weighted by Gasteiger charge is -2.28. The summed E-state index contributed by atoms with van der Waals surface area (Å²) in [6.07, 6.45) is 11.5. The van der Waals surface area contributed by atoms with Crippen LogP contribution in [0.2, 0.25) is 0 Å². The Kier molecular flexibility index (Phi) is 15.9. The minimum absolute atomic E-state index is 0.0419. The molecule has 8 amide bonds. The summed E-state index contributed by atoms with van der Waals surface area (Å²) in [5.41, 5.74) is 7.57. The molecule has 10 N–H and O–H groups in total. The molecule has 0 saturated heterocycles. The zero-order chi connectivity index (χ0) is 43.1. The molecule has 0 fully saturated rings. The molecule has 4 aromatic rings. The Balaban J connectivity index is 1.39. The summed E-state index contributed by atoms with van der Waals surface area (Å²) in [4.78, 5) is 135. The molecule has 0 aliphatic carbocycles. The fourth-order valence-electron chi connectivity index (χ4n) is 5.93. The molecule has 0 radical (unpaired) electrons. The van der Waals surface area contributed by atoms with Gasteiger partial charge in [-0.1, -0.05) is 0 Å². The molecular weight excluding hydrogens is 772 g/mol. The van der Waals surface area contributed by atoms with Gasteiger partial charge in [-0.2, -0.15) is 0 Å². The maximum Gasteiger partial charge on any atom is 0.245 e. The van der Waals surface area contributed by atoms with E-state index in [0.29, 0.717) is 22.8 Å². The smallest absolute Gasteiger partial charge is 0.245 e. The number of H-pyrrole nitrogens is 4. The molecule has 4 atom stereocenters. The van der Waals surface area contributed by atoms with E-state index in [2.05, 4.69) is 61.1 Å². The molecule has 0 saturated carbocycles. The Morgan fingerprint density at radius 1 is 0.508 bits per heavy atom. The van der Waals surface area contributed by atoms with Gasteiger partial charge < -0.3 is 61.6 Å². The average Bonchev–Trinajstić information content (AvgIpc) is 4.03. The van der Waals surface area contributed by atoms with Crippen LogP contribution in [0.4, 0.5) is 0 Å². The second-order valence-electron chi connectivity index (χ2n) is 13.7. The summed E-state index contributed by atoms with van der Waals surface area (Å²) in [7, 11) is 4.04. The molecule has 0 aromatic carbocycles. The molecule has 4 rings (SSSR count). The van der Waals surface area contributed by atoms with E-state index in [1.807, 2.05) is 0 Å². The van der Waals surface area contributed by atoms with Gasteiger partial charge in [0.2, 0.25) is 47.3 Å². The van der Waals surface area contributed by atoms with Gasteiger partial charge in [-0.05, 0) is 0 Å². The summed E-state index contributed by atoms with van der Waals surface area (Å²) in [6.45, 7) is -0.267. The summed E-state index contributed by atoms with van der Waals surface area (Å²) < 4.78 is 0. The van der Waals surface area contributed by atoms with Crippen molar-refractivity contribution in [1.82, 2.24) is 75.8 Å². The van der Waals surface area contributed by atoms with Gasteiger partial charge in [0.25, 0.3) is 0 Å². The van der Waals surface area contributed by atoms with Gasteiger partial charge in [0.15, 0.2) is 0 Å². The topological polar surface area (TPSA) is 335 Å². The van der Waals surface area contributed by atoms with Crippen LogP contribution in [0.25, 0.3) is 0 Å². The third-order valence-corrected chi connectivity index (χ3v) is 8.81. The fourth-order valence-corrected chi connectivity index (χ4v) is 5.93. The number of likely N-dealkylation sites (N-methyl/N-ethyl adjacent to an activating group) is 3. The van der Waals surface area contributed by atoms with Gasteiger partial charge in [0.05, 0.1) is 44.9 Å². The molecule has 24 heteroatoms. The molecule has 0 aliphatic rings. The Labute approximate surface area is 337 Å². The number of nitrogens with zero attached hydrogens (tertiary/aromatic N) is 7. The molecule has 59 heavy (non-hydrogen) atoms. The first-order chi connectivity index (χ1) is 28.1. The molecular formula is C35H48N16O8. The van der Waals surface area contributed by atoms with Crippen molar-refractivity contribution in [3.63, 3.8) is 0 Å². The standard InChI is InChI=1S/C35H48N16O8/c1-20(52)45-26(6-22-10-38-17-42-22)33(57)49(2)14-30(54)47-28(8-24-12-40-19-44-24)35(59)51(4)15-31(55)48-27(7-23-11-39-18-43-23)34(58)50(3)13-29(53)46-25(32(36)56)5-21-9-37-16-41-21/h9-12,16-19,25-28H,5-8,13-15H2,1-4H3,(H2,36,56)(H,37,41)(H,38,42)(H,39,43)(H,40,44)(H,45,52)(H,46,53)(H,47,54)(H,48,55)/t25-,26-,27-,28-/m0/s1. The van der Waals surface area contributed by atoms with E-state index >= 15 is 0 Å². The van der Waals surface area contributed by atoms with Crippen LogP contribution < -0.4 is 27.0 Å². The third-order valence-electron chi connectivity index (χ3n) is 8.81. The number of nitrogens with one attached hydrogen (secondary N) is 8. The highest BCUT2D eigenvalue weighted by atomic mass is 16.2. The number of hydrogen-bond donors (Lipinski definition) is 9. The maximum absolute atomic E-state index is 13.8. The lowest BCUT2D eigenvalue weighted by atomic mass is 10.1. The predicted octanol–water partition coefficient (Wildman–Crippen LogP) is -4.33. The summed E-state index contributed by atoms with van der Waals surface area (Å²) in [5, 5.41) is 10.3. The van der Waals surface area contributed by atoms with Crippen LogP contribution in [0.5, 0.6) is 0 Å². The monoisotopic (exact) mass is 820 g/mol. The number of nitrogens with two attached hydrogens (primary N) is 1. The first-order valence-corrected chi connectivity index (χ1v) is 18.2. The second-order valence-corrected chi connectivity index (χ2v) is 13.7. The van der Waals surface area contributed by atoms with Crippen molar-refractivity contribution in [3.05, 3.63) is 72.9 Å². The first kappa shape index (κ1) is 44.3. The summed E-state index contributed by atoms with van der Waals surface area (Å²) in [6, 6.07) is -4.56. The lowest BCUT2D eigenvalue weighted by Crippen LogP contribution is -2.56. The highest BCUT2D eigenvalue weighted by Gasteiger charge is 2.31. The van der Waals surface area contributed by atoms with Crippen LogP contribution in [0.3, 0.4) is 0 Å². The first-order valence-electron chi connectivity index (χ1n) is 18.2. The molecule has 0 spiro atoms. The van der Waals surface area contributed by atoms with Crippen LogP contribution >= 0.6 is 0 Å². The molecule has 24 nitrogen and oxygen atoms in total. The zero-order valence-corrected chi connectivity index (χ0v) is 32.9. The van der Waals surface area contributed by atoms with Crippen LogP contribution in [-0.4, -0.2) is 167 Å². The zero-order valence-electron chi connectivity index (χ0n) is 32.9. The van der Waals surface area contributed by atoms with E-state index in [-0.39, 0.29) is 25.7 Å². The van der Waals surface area contributed by atoms with Crippen LogP contribution in [0, 0.1) is 0 Å². The predicted molar refractivity (Wildman–Crippen MR) is 205 cm³/mol. The number of imidazole rings is 4. The molecule has 0 bridgehead atoms. The average molecular weight is 821 g/mol. The normalized spacial score (nSPS) is 12.9. The molecule has 4 heterocycles. The number of aromatic amines is 4. The van der Waals surface area contributed by atoms with Crippen molar-refractivity contribution < 1.29 is 38.4 Å². The Morgan fingerprint density at radius 3 is 1.03 bits per heavy atom. The fraction of sp³-hybridized carbons (Fsp3) is 0.429. The van der Waals surface area contributed by atoms with Crippen LogP contribution in [0.1, 0.15) is 29.7 Å². The van der Waals surface area contributed by atoms with Gasteiger partial charge in [0.1, 0.15) is 24.2 Å². The van der Waals surface area contributed by atoms with Gasteiger partial charge in [-0.3, -0.25) is 38.4 Å². The van der Waals surface area contributed by atoms with Crippen molar-refractivity contribution in [2.75, 3.05) is 40.8 Å². The highest BCUT2D eigenvalue weighted by Crippen LogP contribution is 2.07. The van der Waals surface area contributed by atoms with Gasteiger partial charge in [-0.25, -0.2) is 19.9 Å². The minimum atomic E-state index is -1.23. The van der Waals surface area contributed by atoms with Gasteiger partial charge >= 0.3 is 0 Å². The third kappa shape index (κ3) is 13.9. The van der Waals surface area contributed by atoms with E-state index in [9.17, 15) is 38.4 Å². The highest BCUT2D eigenvalue weighted by molar-refractivity contribution is 5.95. The van der Waals surface area contributed by atoms with E-state index in [1.54, 1.807) is 0 Å². The van der Waals surface area contributed by atoms with Gasteiger partial charge in [0, 0.05) is 101 Å². The van der Waals surface area contributed by atoms with Crippen LogP contribution in [0.15, 0.2) is 50.1 Å². The number of hydrogen-bond acceptors (Lipinski definition) is 12. The molecule has 0 unspecified atom stereocenters. The van der Waals surface area contributed by atoms with Gasteiger partial charge in [-0.15, -0.1) is 0 Å². The Morgan fingerprint density at radius 2 is 0.780 bits per heavy atom.